The third kappa shape index (κ3) is 5.19. The van der Waals surface area contributed by atoms with Crippen LogP contribution in [0.2, 0.25) is 0 Å². The summed E-state index contributed by atoms with van der Waals surface area (Å²) in [7, 11) is 0. The van der Waals surface area contributed by atoms with E-state index in [0.29, 0.717) is 12.8 Å². The Bertz CT molecular complexity index is 182. The molecule has 1 amide bonds. The fourth-order valence-electron chi connectivity index (χ4n) is 0.918. The predicted molar refractivity (Wildman–Crippen MR) is 48.1 cm³/mol. The van der Waals surface area contributed by atoms with Gasteiger partial charge < -0.3 is 16.2 Å². The molecule has 0 aromatic heterocycles. The standard InChI is InChI=1S/C8H16N2O3/c1-2-3-7(11)10-6(4-5-9)8(12)13/h6H,2-5,9H2,1H3,(H,10,11)(H,12,13). The number of carboxylic acid groups (broad SMARTS) is 1. The maximum absolute atomic E-state index is 11.0. The van der Waals surface area contributed by atoms with Gasteiger partial charge in [0.1, 0.15) is 6.04 Å². The average molecular weight is 188 g/mol. The Kier molecular flexibility index (Phi) is 5.88. The highest BCUT2D eigenvalue weighted by Crippen LogP contribution is 1.93. The van der Waals surface area contributed by atoms with Crippen molar-refractivity contribution in [1.82, 2.24) is 5.32 Å². The van der Waals surface area contributed by atoms with E-state index in [1.807, 2.05) is 6.92 Å². The Morgan fingerprint density at radius 2 is 2.15 bits per heavy atom. The lowest BCUT2D eigenvalue weighted by Crippen LogP contribution is -2.41. The van der Waals surface area contributed by atoms with Gasteiger partial charge in [-0.2, -0.15) is 0 Å². The number of carbonyl (C=O) groups excluding carboxylic acids is 1. The van der Waals surface area contributed by atoms with Gasteiger partial charge in [-0.1, -0.05) is 6.92 Å². The van der Waals surface area contributed by atoms with Crippen molar-refractivity contribution in [2.45, 2.75) is 32.2 Å². The molecule has 0 rings (SSSR count). The van der Waals surface area contributed by atoms with E-state index >= 15 is 0 Å². The first-order valence-corrected chi connectivity index (χ1v) is 4.34. The topological polar surface area (TPSA) is 92.4 Å². The molecule has 0 bridgehead atoms. The van der Waals surface area contributed by atoms with Crippen LogP contribution in [-0.4, -0.2) is 29.6 Å². The van der Waals surface area contributed by atoms with Gasteiger partial charge in [0.15, 0.2) is 0 Å². The molecule has 0 aromatic carbocycles. The van der Waals surface area contributed by atoms with Crippen LogP contribution in [0, 0.1) is 0 Å². The van der Waals surface area contributed by atoms with Crippen LogP contribution in [0.5, 0.6) is 0 Å². The van der Waals surface area contributed by atoms with Crippen molar-refractivity contribution in [3.8, 4) is 0 Å². The lowest BCUT2D eigenvalue weighted by Gasteiger charge is -2.12. The number of nitrogens with one attached hydrogen (secondary N) is 1. The van der Waals surface area contributed by atoms with Crippen molar-refractivity contribution in [2.75, 3.05) is 6.54 Å². The predicted octanol–water partition coefficient (Wildman–Crippen LogP) is -0.295. The van der Waals surface area contributed by atoms with E-state index in [1.165, 1.54) is 0 Å². The molecule has 76 valence electrons. The van der Waals surface area contributed by atoms with Crippen LogP contribution in [0.1, 0.15) is 26.2 Å². The molecule has 13 heavy (non-hydrogen) atoms. The second kappa shape index (κ2) is 6.42. The number of amides is 1. The summed E-state index contributed by atoms with van der Waals surface area (Å²) in [5, 5.41) is 11.1. The lowest BCUT2D eigenvalue weighted by molar-refractivity contribution is -0.141. The number of rotatable bonds is 6. The molecule has 0 spiro atoms. The molecule has 0 aromatic rings. The van der Waals surface area contributed by atoms with E-state index in [1.54, 1.807) is 0 Å². The van der Waals surface area contributed by atoms with Crippen molar-refractivity contribution in [3.63, 3.8) is 0 Å². The molecule has 4 N–H and O–H groups in total. The Labute approximate surface area is 77.3 Å². The van der Waals surface area contributed by atoms with Crippen molar-refractivity contribution in [3.05, 3.63) is 0 Å². The molecule has 0 saturated heterocycles. The molecule has 0 aliphatic carbocycles. The first kappa shape index (κ1) is 11.9. The van der Waals surface area contributed by atoms with E-state index in [-0.39, 0.29) is 18.9 Å². The van der Waals surface area contributed by atoms with Crippen molar-refractivity contribution in [1.29, 1.82) is 0 Å². The number of hydrogen-bond acceptors (Lipinski definition) is 3. The van der Waals surface area contributed by atoms with Gasteiger partial charge >= 0.3 is 5.97 Å². The minimum atomic E-state index is -1.03. The molecular weight excluding hydrogens is 172 g/mol. The summed E-state index contributed by atoms with van der Waals surface area (Å²) in [4.78, 5) is 21.6. The molecule has 0 heterocycles. The molecule has 0 radical (unpaired) electrons. The zero-order valence-corrected chi connectivity index (χ0v) is 7.75. The fraction of sp³-hybridized carbons (Fsp3) is 0.750. The van der Waals surface area contributed by atoms with Crippen LogP contribution in [0.3, 0.4) is 0 Å². The van der Waals surface area contributed by atoms with E-state index in [9.17, 15) is 9.59 Å². The minimum absolute atomic E-state index is 0.233. The van der Waals surface area contributed by atoms with Crippen LogP contribution in [0.15, 0.2) is 0 Å². The first-order valence-electron chi connectivity index (χ1n) is 4.34. The van der Waals surface area contributed by atoms with Crippen LogP contribution in [-0.2, 0) is 9.59 Å². The van der Waals surface area contributed by atoms with Gasteiger partial charge in [-0.15, -0.1) is 0 Å². The summed E-state index contributed by atoms with van der Waals surface area (Å²) in [5.74, 6) is -1.27. The third-order valence-corrected chi connectivity index (χ3v) is 1.57. The Hall–Kier alpha value is -1.10. The number of aliphatic carboxylic acids is 1. The molecule has 0 saturated carbocycles. The van der Waals surface area contributed by atoms with Gasteiger partial charge in [0.2, 0.25) is 5.91 Å². The second-order valence-electron chi connectivity index (χ2n) is 2.79. The number of nitrogens with two attached hydrogens (primary N) is 1. The van der Waals surface area contributed by atoms with Crippen LogP contribution >= 0.6 is 0 Å². The maximum atomic E-state index is 11.0. The molecule has 0 aliphatic heterocycles. The minimum Gasteiger partial charge on any atom is -0.480 e. The van der Waals surface area contributed by atoms with E-state index in [4.69, 9.17) is 10.8 Å². The van der Waals surface area contributed by atoms with Crippen molar-refractivity contribution < 1.29 is 14.7 Å². The lowest BCUT2D eigenvalue weighted by atomic mass is 10.2. The number of carbonyl (C=O) groups is 2. The van der Waals surface area contributed by atoms with E-state index in [2.05, 4.69) is 5.32 Å². The molecule has 5 nitrogen and oxygen atoms in total. The number of hydrogen-bond donors (Lipinski definition) is 3. The first-order chi connectivity index (χ1) is 6.11. The van der Waals surface area contributed by atoms with Crippen LogP contribution in [0.25, 0.3) is 0 Å². The highest BCUT2D eigenvalue weighted by atomic mass is 16.4. The third-order valence-electron chi connectivity index (χ3n) is 1.57. The molecule has 0 aliphatic rings. The Morgan fingerprint density at radius 3 is 2.54 bits per heavy atom. The summed E-state index contributed by atoms with van der Waals surface area (Å²) in [6.45, 7) is 2.11. The molecular formula is C8H16N2O3. The Balaban J connectivity index is 3.94. The molecule has 1 unspecified atom stereocenters. The average Bonchev–Trinajstić information content (AvgIpc) is 2.04. The van der Waals surface area contributed by atoms with Crippen molar-refractivity contribution >= 4 is 11.9 Å². The zero-order chi connectivity index (χ0) is 10.3. The number of carboxylic acids is 1. The maximum Gasteiger partial charge on any atom is 0.326 e. The Morgan fingerprint density at radius 1 is 1.54 bits per heavy atom. The highest BCUT2D eigenvalue weighted by Gasteiger charge is 2.17. The largest absolute Gasteiger partial charge is 0.480 e. The summed E-state index contributed by atoms with van der Waals surface area (Å²) < 4.78 is 0. The normalized spacial score (nSPS) is 12.2. The molecule has 0 fully saturated rings. The van der Waals surface area contributed by atoms with Crippen molar-refractivity contribution in [2.24, 2.45) is 5.73 Å². The quantitative estimate of drug-likeness (QED) is 0.533. The highest BCUT2D eigenvalue weighted by molar-refractivity contribution is 5.83. The van der Waals surface area contributed by atoms with Gasteiger partial charge in [0, 0.05) is 6.42 Å². The summed E-state index contributed by atoms with van der Waals surface area (Å²) in [5.41, 5.74) is 5.20. The van der Waals surface area contributed by atoms with Gasteiger partial charge in [-0.05, 0) is 19.4 Å². The summed E-state index contributed by atoms with van der Waals surface area (Å²) >= 11 is 0. The monoisotopic (exact) mass is 188 g/mol. The van der Waals surface area contributed by atoms with Gasteiger partial charge in [-0.25, -0.2) is 4.79 Å². The summed E-state index contributed by atoms with van der Waals surface area (Å²) in [6.07, 6.45) is 1.33. The summed E-state index contributed by atoms with van der Waals surface area (Å²) in [6, 6.07) is -0.843. The second-order valence-corrected chi connectivity index (χ2v) is 2.79. The molecule has 5 heteroatoms. The van der Waals surface area contributed by atoms with E-state index < -0.39 is 12.0 Å². The van der Waals surface area contributed by atoms with Gasteiger partial charge in [0.05, 0.1) is 0 Å². The SMILES string of the molecule is CCCC(=O)NC(CCN)C(=O)O. The van der Waals surface area contributed by atoms with Crippen LogP contribution < -0.4 is 11.1 Å². The van der Waals surface area contributed by atoms with Gasteiger partial charge in [0.25, 0.3) is 0 Å². The van der Waals surface area contributed by atoms with E-state index in [0.717, 1.165) is 0 Å². The zero-order valence-electron chi connectivity index (χ0n) is 7.75. The smallest absolute Gasteiger partial charge is 0.326 e. The van der Waals surface area contributed by atoms with Crippen LogP contribution in [0.4, 0.5) is 0 Å². The molecule has 1 atom stereocenters. The fourth-order valence-corrected chi connectivity index (χ4v) is 0.918. The van der Waals surface area contributed by atoms with Gasteiger partial charge in [-0.3, -0.25) is 4.79 Å².